The van der Waals surface area contributed by atoms with E-state index in [1.54, 1.807) is 0 Å². The van der Waals surface area contributed by atoms with Crippen LogP contribution in [0, 0.1) is 6.92 Å². The van der Waals surface area contributed by atoms with Gasteiger partial charge in [-0.05, 0) is 19.0 Å². The Labute approximate surface area is 79.0 Å². The fraction of sp³-hybridized carbons (Fsp3) is 0.455. The molecular weight excluding hydrogens is 165 g/mol. The maximum absolute atomic E-state index is 12.6. The monoisotopic (exact) mass is 181 g/mol. The van der Waals surface area contributed by atoms with Gasteiger partial charge in [-0.2, -0.15) is 0 Å². The average molecular weight is 181 g/mol. The number of nitrogens with one attached hydrogen (secondary N) is 1. The number of alkyl halides is 1. The van der Waals surface area contributed by atoms with Gasteiger partial charge in [-0.3, -0.25) is 0 Å². The van der Waals surface area contributed by atoms with Crippen LogP contribution in [-0.2, 0) is 0 Å². The Morgan fingerprint density at radius 1 is 1.46 bits per heavy atom. The van der Waals surface area contributed by atoms with Gasteiger partial charge in [-0.15, -0.1) is 0 Å². The van der Waals surface area contributed by atoms with Gasteiger partial charge in [0.1, 0.15) is 6.67 Å². The number of aryl methyl sites for hydroxylation is 1. The lowest BCUT2D eigenvalue weighted by Gasteiger charge is -2.14. The van der Waals surface area contributed by atoms with E-state index in [0.29, 0.717) is 0 Å². The average Bonchev–Trinajstić information content (AvgIpc) is 2.14. The molecule has 0 radical (unpaired) electrons. The highest BCUT2D eigenvalue weighted by atomic mass is 19.1. The fourth-order valence-electron chi connectivity index (χ4n) is 1.39. The Hall–Kier alpha value is -0.890. The summed E-state index contributed by atoms with van der Waals surface area (Å²) in [6.45, 7) is 4.45. The van der Waals surface area contributed by atoms with Crippen molar-refractivity contribution in [1.82, 2.24) is 5.32 Å². The van der Waals surface area contributed by atoms with E-state index in [1.165, 1.54) is 5.56 Å². The number of hydrogen-bond donors (Lipinski definition) is 1. The summed E-state index contributed by atoms with van der Waals surface area (Å²) >= 11 is 0. The molecule has 0 aliphatic rings. The van der Waals surface area contributed by atoms with Crippen molar-refractivity contribution in [2.45, 2.75) is 19.9 Å². The maximum Gasteiger partial charge on any atom is 0.109 e. The molecule has 0 fully saturated rings. The zero-order valence-electron chi connectivity index (χ0n) is 8.18. The molecule has 1 aromatic carbocycles. The van der Waals surface area contributed by atoms with Crippen molar-refractivity contribution in [1.29, 1.82) is 0 Å². The Kier molecular flexibility index (Phi) is 3.90. The first-order valence-corrected chi connectivity index (χ1v) is 4.63. The molecule has 0 amide bonds. The van der Waals surface area contributed by atoms with Crippen molar-refractivity contribution < 1.29 is 4.39 Å². The molecule has 0 saturated carbocycles. The van der Waals surface area contributed by atoms with E-state index >= 15 is 0 Å². The van der Waals surface area contributed by atoms with Gasteiger partial charge in [-0.1, -0.05) is 36.8 Å². The standard InChI is InChI=1S/C11H16FN/c1-3-13-11(8-12)10-6-4-5-9(2)7-10/h4-7,11,13H,3,8H2,1-2H3. The fourth-order valence-corrected chi connectivity index (χ4v) is 1.39. The second kappa shape index (κ2) is 4.97. The summed E-state index contributed by atoms with van der Waals surface area (Å²) in [7, 11) is 0. The lowest BCUT2D eigenvalue weighted by atomic mass is 10.1. The predicted octanol–water partition coefficient (Wildman–Crippen LogP) is 2.62. The van der Waals surface area contributed by atoms with Crippen LogP contribution in [0.25, 0.3) is 0 Å². The Balaban J connectivity index is 2.78. The molecule has 13 heavy (non-hydrogen) atoms. The highest BCUT2D eigenvalue weighted by Gasteiger charge is 2.08. The Morgan fingerprint density at radius 2 is 2.23 bits per heavy atom. The number of rotatable bonds is 4. The molecule has 1 rings (SSSR count). The van der Waals surface area contributed by atoms with Crippen LogP contribution in [0.2, 0.25) is 0 Å². The summed E-state index contributed by atoms with van der Waals surface area (Å²) in [6.07, 6.45) is 0. The Bertz CT molecular complexity index is 260. The van der Waals surface area contributed by atoms with Crippen LogP contribution in [0.3, 0.4) is 0 Å². The minimum atomic E-state index is -0.350. The highest BCUT2D eigenvalue weighted by Crippen LogP contribution is 2.14. The lowest BCUT2D eigenvalue weighted by molar-refractivity contribution is 0.387. The first-order chi connectivity index (χ1) is 6.27. The van der Waals surface area contributed by atoms with Gasteiger partial charge < -0.3 is 5.32 Å². The van der Waals surface area contributed by atoms with Gasteiger partial charge in [0.2, 0.25) is 0 Å². The number of hydrogen-bond acceptors (Lipinski definition) is 1. The van der Waals surface area contributed by atoms with Crippen molar-refractivity contribution in [2.75, 3.05) is 13.2 Å². The van der Waals surface area contributed by atoms with Crippen molar-refractivity contribution in [2.24, 2.45) is 0 Å². The summed E-state index contributed by atoms with van der Waals surface area (Å²) in [4.78, 5) is 0. The SMILES string of the molecule is CCNC(CF)c1cccc(C)c1. The molecule has 1 aromatic rings. The quantitative estimate of drug-likeness (QED) is 0.753. The van der Waals surface area contributed by atoms with Crippen molar-refractivity contribution in [3.05, 3.63) is 35.4 Å². The first kappa shape index (κ1) is 10.2. The molecule has 1 unspecified atom stereocenters. The smallest absolute Gasteiger partial charge is 0.109 e. The molecule has 1 nitrogen and oxygen atoms in total. The third-order valence-corrected chi connectivity index (χ3v) is 2.05. The van der Waals surface area contributed by atoms with Crippen molar-refractivity contribution in [3.63, 3.8) is 0 Å². The van der Waals surface area contributed by atoms with Crippen LogP contribution < -0.4 is 5.32 Å². The van der Waals surface area contributed by atoms with Crippen LogP contribution in [0.1, 0.15) is 24.1 Å². The van der Waals surface area contributed by atoms with E-state index in [0.717, 1.165) is 12.1 Å². The van der Waals surface area contributed by atoms with Gasteiger partial charge in [0.25, 0.3) is 0 Å². The van der Waals surface area contributed by atoms with E-state index in [9.17, 15) is 4.39 Å². The summed E-state index contributed by atoms with van der Waals surface area (Å²) in [5, 5.41) is 3.10. The molecular formula is C11H16FN. The predicted molar refractivity (Wildman–Crippen MR) is 53.6 cm³/mol. The van der Waals surface area contributed by atoms with Gasteiger partial charge in [0.15, 0.2) is 0 Å². The zero-order valence-corrected chi connectivity index (χ0v) is 8.18. The van der Waals surface area contributed by atoms with Crippen LogP contribution in [0.5, 0.6) is 0 Å². The molecule has 0 bridgehead atoms. The largest absolute Gasteiger partial charge is 0.308 e. The van der Waals surface area contributed by atoms with Crippen LogP contribution in [0.4, 0.5) is 4.39 Å². The van der Waals surface area contributed by atoms with Gasteiger partial charge in [0, 0.05) is 0 Å². The van der Waals surface area contributed by atoms with Gasteiger partial charge >= 0.3 is 0 Å². The highest BCUT2D eigenvalue weighted by molar-refractivity contribution is 5.25. The molecule has 0 aliphatic carbocycles. The first-order valence-electron chi connectivity index (χ1n) is 4.63. The second-order valence-corrected chi connectivity index (χ2v) is 3.18. The summed E-state index contributed by atoms with van der Waals surface area (Å²) in [5.74, 6) is 0. The number of halogens is 1. The number of benzene rings is 1. The molecule has 2 heteroatoms. The molecule has 0 heterocycles. The normalized spacial score (nSPS) is 12.8. The summed E-state index contributed by atoms with van der Waals surface area (Å²) in [5.41, 5.74) is 2.21. The molecule has 0 aliphatic heterocycles. The summed E-state index contributed by atoms with van der Waals surface area (Å²) < 4.78 is 12.6. The van der Waals surface area contributed by atoms with Crippen LogP contribution >= 0.6 is 0 Å². The summed E-state index contributed by atoms with van der Waals surface area (Å²) in [6, 6.07) is 7.81. The second-order valence-electron chi connectivity index (χ2n) is 3.18. The topological polar surface area (TPSA) is 12.0 Å². The third-order valence-electron chi connectivity index (χ3n) is 2.05. The lowest BCUT2D eigenvalue weighted by Crippen LogP contribution is -2.22. The van der Waals surface area contributed by atoms with E-state index in [1.807, 2.05) is 38.1 Å². The van der Waals surface area contributed by atoms with Crippen molar-refractivity contribution in [3.8, 4) is 0 Å². The molecule has 0 saturated heterocycles. The third kappa shape index (κ3) is 2.81. The molecule has 0 spiro atoms. The molecule has 0 aromatic heterocycles. The minimum Gasteiger partial charge on any atom is -0.308 e. The van der Waals surface area contributed by atoms with Gasteiger partial charge in [0.05, 0.1) is 6.04 Å². The minimum absolute atomic E-state index is 0.148. The van der Waals surface area contributed by atoms with E-state index in [-0.39, 0.29) is 12.7 Å². The Morgan fingerprint density at radius 3 is 2.77 bits per heavy atom. The van der Waals surface area contributed by atoms with E-state index < -0.39 is 0 Å². The van der Waals surface area contributed by atoms with Crippen molar-refractivity contribution >= 4 is 0 Å². The van der Waals surface area contributed by atoms with E-state index in [4.69, 9.17) is 0 Å². The zero-order chi connectivity index (χ0) is 9.68. The van der Waals surface area contributed by atoms with Crippen LogP contribution in [-0.4, -0.2) is 13.2 Å². The van der Waals surface area contributed by atoms with Crippen LogP contribution in [0.15, 0.2) is 24.3 Å². The molecule has 1 atom stereocenters. The maximum atomic E-state index is 12.6. The molecule has 72 valence electrons. The van der Waals surface area contributed by atoms with E-state index in [2.05, 4.69) is 5.32 Å². The van der Waals surface area contributed by atoms with Gasteiger partial charge in [-0.25, -0.2) is 4.39 Å². The molecule has 1 N–H and O–H groups in total.